The van der Waals surface area contributed by atoms with Crippen LogP contribution >= 0.6 is 0 Å². The normalized spacial score (nSPS) is 11.5. The lowest BCUT2D eigenvalue weighted by Gasteiger charge is -2.21. The predicted molar refractivity (Wildman–Crippen MR) is 124 cm³/mol. The van der Waals surface area contributed by atoms with Gasteiger partial charge >= 0.3 is 0 Å². The van der Waals surface area contributed by atoms with Crippen molar-refractivity contribution in [2.75, 3.05) is 20.6 Å². The molecule has 7 nitrogen and oxygen atoms in total. The summed E-state index contributed by atoms with van der Waals surface area (Å²) in [5.74, 6) is 0.545. The van der Waals surface area contributed by atoms with Crippen molar-refractivity contribution in [3.63, 3.8) is 0 Å². The van der Waals surface area contributed by atoms with E-state index in [4.69, 9.17) is 0 Å². The van der Waals surface area contributed by atoms with Gasteiger partial charge in [0.05, 0.1) is 23.3 Å². The summed E-state index contributed by atoms with van der Waals surface area (Å²) in [5.41, 5.74) is 3.91. The Morgan fingerprint density at radius 2 is 1.78 bits per heavy atom. The second-order valence-electron chi connectivity index (χ2n) is 7.44. The van der Waals surface area contributed by atoms with E-state index in [1.807, 2.05) is 66.7 Å². The molecule has 32 heavy (non-hydrogen) atoms. The number of rotatable bonds is 7. The predicted octanol–water partition coefficient (Wildman–Crippen LogP) is 3.45. The van der Waals surface area contributed by atoms with Gasteiger partial charge in [-0.05, 0) is 42.5 Å². The molecule has 4 aromatic rings. The van der Waals surface area contributed by atoms with Gasteiger partial charge < -0.3 is 10.2 Å². The number of guanidine groups is 1. The molecule has 0 fully saturated rings. The van der Waals surface area contributed by atoms with Crippen molar-refractivity contribution < 1.29 is 4.39 Å². The van der Waals surface area contributed by atoms with E-state index in [0.717, 1.165) is 35.0 Å². The van der Waals surface area contributed by atoms with Crippen LogP contribution in [0.25, 0.3) is 11.4 Å². The molecular weight excluding hydrogens is 405 g/mol. The van der Waals surface area contributed by atoms with Crippen LogP contribution in [0, 0.1) is 5.82 Å². The van der Waals surface area contributed by atoms with E-state index >= 15 is 0 Å². The van der Waals surface area contributed by atoms with Crippen LogP contribution in [0.3, 0.4) is 0 Å². The lowest BCUT2D eigenvalue weighted by Crippen LogP contribution is -2.39. The Morgan fingerprint density at radius 3 is 2.53 bits per heavy atom. The molecule has 0 spiro atoms. The largest absolute Gasteiger partial charge is 0.356 e. The second kappa shape index (κ2) is 9.91. The SMILES string of the molecule is CN=C(NCCc1ccn(-c2ccc(F)cc2)n1)N(C)Cc1cnn(-c2ccccc2)c1. The third-order valence-electron chi connectivity index (χ3n) is 5.05. The molecule has 0 unspecified atom stereocenters. The summed E-state index contributed by atoms with van der Waals surface area (Å²) in [6.45, 7) is 1.38. The van der Waals surface area contributed by atoms with Crippen LogP contribution in [0.1, 0.15) is 11.3 Å². The molecule has 164 valence electrons. The maximum atomic E-state index is 13.1. The molecule has 0 aliphatic heterocycles. The first kappa shape index (κ1) is 21.3. The van der Waals surface area contributed by atoms with Crippen LogP contribution in [0.15, 0.2) is 84.2 Å². The number of para-hydroxylation sites is 1. The highest BCUT2D eigenvalue weighted by atomic mass is 19.1. The summed E-state index contributed by atoms with van der Waals surface area (Å²) < 4.78 is 16.7. The first-order valence-electron chi connectivity index (χ1n) is 10.4. The Labute approximate surface area is 186 Å². The molecule has 2 aromatic carbocycles. The third-order valence-corrected chi connectivity index (χ3v) is 5.05. The molecule has 0 aliphatic carbocycles. The smallest absolute Gasteiger partial charge is 0.193 e. The van der Waals surface area contributed by atoms with E-state index in [2.05, 4.69) is 25.4 Å². The van der Waals surface area contributed by atoms with Crippen LogP contribution in [0.5, 0.6) is 0 Å². The average molecular weight is 432 g/mol. The average Bonchev–Trinajstić information content (AvgIpc) is 3.48. The number of nitrogens with zero attached hydrogens (tertiary/aromatic N) is 6. The maximum absolute atomic E-state index is 13.1. The van der Waals surface area contributed by atoms with Gasteiger partial charge in [-0.1, -0.05) is 18.2 Å². The monoisotopic (exact) mass is 431 g/mol. The van der Waals surface area contributed by atoms with Crippen LogP contribution in [0.2, 0.25) is 0 Å². The number of aromatic nitrogens is 4. The molecule has 0 saturated heterocycles. The maximum Gasteiger partial charge on any atom is 0.193 e. The first-order chi connectivity index (χ1) is 15.6. The van der Waals surface area contributed by atoms with E-state index in [0.29, 0.717) is 13.1 Å². The molecule has 0 aliphatic rings. The standard InChI is InChI=1S/C24H26FN7/c1-26-24(30(2)17-19-16-28-32(18-19)22-6-4-3-5-7-22)27-14-12-21-13-15-31(29-21)23-10-8-20(25)9-11-23/h3-11,13,15-16,18H,12,14,17H2,1-2H3,(H,26,27). The van der Waals surface area contributed by atoms with E-state index in [9.17, 15) is 4.39 Å². The van der Waals surface area contributed by atoms with Crippen LogP contribution in [0.4, 0.5) is 4.39 Å². The minimum absolute atomic E-state index is 0.256. The molecule has 4 rings (SSSR count). The molecule has 2 aromatic heterocycles. The highest BCUT2D eigenvalue weighted by molar-refractivity contribution is 5.79. The van der Waals surface area contributed by atoms with Gasteiger partial charge in [0.1, 0.15) is 5.82 Å². The number of aliphatic imine (C=N–C) groups is 1. The van der Waals surface area contributed by atoms with Crippen LogP contribution in [-0.4, -0.2) is 51.1 Å². The number of benzene rings is 2. The van der Waals surface area contributed by atoms with Crippen molar-refractivity contribution in [1.29, 1.82) is 0 Å². The summed E-state index contributed by atoms with van der Waals surface area (Å²) in [5, 5.41) is 12.4. The summed E-state index contributed by atoms with van der Waals surface area (Å²) in [7, 11) is 3.77. The topological polar surface area (TPSA) is 63.3 Å². The van der Waals surface area contributed by atoms with E-state index < -0.39 is 0 Å². The van der Waals surface area contributed by atoms with E-state index in [-0.39, 0.29) is 5.82 Å². The van der Waals surface area contributed by atoms with Crippen LogP contribution < -0.4 is 5.32 Å². The Kier molecular flexibility index (Phi) is 6.60. The molecule has 1 N–H and O–H groups in total. The molecule has 0 saturated carbocycles. The van der Waals surface area contributed by atoms with Gasteiger partial charge in [0, 0.05) is 51.6 Å². The molecule has 0 radical (unpaired) electrons. The molecular formula is C24H26FN7. The van der Waals surface area contributed by atoms with Gasteiger partial charge in [-0.2, -0.15) is 10.2 Å². The second-order valence-corrected chi connectivity index (χ2v) is 7.44. The van der Waals surface area contributed by atoms with Gasteiger partial charge in [0.25, 0.3) is 0 Å². The fraction of sp³-hybridized carbons (Fsp3) is 0.208. The zero-order valence-electron chi connectivity index (χ0n) is 18.2. The van der Waals surface area contributed by atoms with Crippen molar-refractivity contribution in [2.45, 2.75) is 13.0 Å². The highest BCUT2D eigenvalue weighted by Gasteiger charge is 2.09. The minimum atomic E-state index is -0.256. The molecule has 0 amide bonds. The van der Waals surface area contributed by atoms with Crippen LogP contribution in [-0.2, 0) is 13.0 Å². The minimum Gasteiger partial charge on any atom is -0.356 e. The number of halogens is 1. The number of hydrogen-bond acceptors (Lipinski definition) is 3. The van der Waals surface area contributed by atoms with Crippen molar-refractivity contribution in [3.8, 4) is 11.4 Å². The van der Waals surface area contributed by atoms with E-state index in [1.165, 1.54) is 12.1 Å². The van der Waals surface area contributed by atoms with Crippen molar-refractivity contribution in [2.24, 2.45) is 4.99 Å². The Morgan fingerprint density at radius 1 is 1.03 bits per heavy atom. The summed E-state index contributed by atoms with van der Waals surface area (Å²) in [4.78, 5) is 6.44. The van der Waals surface area contributed by atoms with Gasteiger partial charge in [-0.3, -0.25) is 4.99 Å². The summed E-state index contributed by atoms with van der Waals surface area (Å²) in [6, 6.07) is 18.3. The van der Waals surface area contributed by atoms with Crippen molar-refractivity contribution >= 4 is 5.96 Å². The van der Waals surface area contributed by atoms with Gasteiger partial charge in [-0.25, -0.2) is 13.8 Å². The number of hydrogen-bond donors (Lipinski definition) is 1. The lowest BCUT2D eigenvalue weighted by molar-refractivity contribution is 0.477. The summed E-state index contributed by atoms with van der Waals surface area (Å²) in [6.07, 6.45) is 6.53. The molecule has 0 bridgehead atoms. The van der Waals surface area contributed by atoms with Crippen molar-refractivity contribution in [1.82, 2.24) is 29.8 Å². The zero-order chi connectivity index (χ0) is 22.3. The molecule has 2 heterocycles. The lowest BCUT2D eigenvalue weighted by atomic mass is 10.3. The Hall–Kier alpha value is -3.94. The third kappa shape index (κ3) is 5.21. The number of nitrogens with one attached hydrogen (secondary N) is 1. The van der Waals surface area contributed by atoms with Gasteiger partial charge in [0.15, 0.2) is 5.96 Å². The Balaban J connectivity index is 1.29. The zero-order valence-corrected chi connectivity index (χ0v) is 18.2. The fourth-order valence-corrected chi connectivity index (χ4v) is 3.43. The Bertz CT molecular complexity index is 1160. The van der Waals surface area contributed by atoms with Gasteiger partial charge in [-0.15, -0.1) is 0 Å². The molecule has 0 atom stereocenters. The quantitative estimate of drug-likeness (QED) is 0.360. The van der Waals surface area contributed by atoms with Crippen molar-refractivity contribution in [3.05, 3.63) is 96.3 Å². The first-order valence-corrected chi connectivity index (χ1v) is 10.4. The highest BCUT2D eigenvalue weighted by Crippen LogP contribution is 2.10. The fourth-order valence-electron chi connectivity index (χ4n) is 3.43. The summed E-state index contributed by atoms with van der Waals surface area (Å²) >= 11 is 0. The van der Waals surface area contributed by atoms with Gasteiger partial charge in [0.2, 0.25) is 0 Å². The van der Waals surface area contributed by atoms with E-state index in [1.54, 1.807) is 23.9 Å². The molecule has 8 heteroatoms.